The first kappa shape index (κ1) is 15.3. The number of hydrogen-bond donors (Lipinski definition) is 0. The Balaban J connectivity index is 2.36. The van der Waals surface area contributed by atoms with E-state index in [2.05, 4.69) is 0 Å². The summed E-state index contributed by atoms with van der Waals surface area (Å²) in [6, 6.07) is 5.10. The van der Waals surface area contributed by atoms with Crippen molar-refractivity contribution in [2.24, 2.45) is 0 Å². The summed E-state index contributed by atoms with van der Waals surface area (Å²) in [6.45, 7) is 5.79. The normalized spacial score (nSPS) is 17.4. The Morgan fingerprint density at radius 3 is 2.45 bits per heavy atom. The van der Waals surface area contributed by atoms with E-state index in [0.717, 1.165) is 5.56 Å². The molecule has 1 aromatic carbocycles. The first-order valence-electron chi connectivity index (χ1n) is 6.72. The molecule has 1 aliphatic rings. The van der Waals surface area contributed by atoms with Crippen LogP contribution in [0, 0.1) is 0 Å². The highest BCUT2D eigenvalue weighted by molar-refractivity contribution is 7.89. The highest BCUT2D eigenvalue weighted by Gasteiger charge is 2.27. The van der Waals surface area contributed by atoms with Gasteiger partial charge < -0.3 is 9.47 Å². The molecule has 0 atom stereocenters. The predicted molar refractivity (Wildman–Crippen MR) is 76.7 cm³/mol. The lowest BCUT2D eigenvalue weighted by molar-refractivity contribution is 0.0730. The quantitative estimate of drug-likeness (QED) is 0.851. The Hall–Kier alpha value is -1.11. The van der Waals surface area contributed by atoms with Crippen LogP contribution in [0.5, 0.6) is 5.75 Å². The van der Waals surface area contributed by atoms with Gasteiger partial charge in [-0.3, -0.25) is 0 Å². The van der Waals surface area contributed by atoms with Gasteiger partial charge in [0, 0.05) is 19.2 Å². The van der Waals surface area contributed by atoms with E-state index >= 15 is 0 Å². The molecule has 5 nitrogen and oxygen atoms in total. The predicted octanol–water partition coefficient (Wildman–Crippen LogP) is 1.84. The molecule has 6 heteroatoms. The Labute approximate surface area is 120 Å². The van der Waals surface area contributed by atoms with Crippen molar-refractivity contribution in [2.45, 2.75) is 24.7 Å². The van der Waals surface area contributed by atoms with Crippen LogP contribution in [0.3, 0.4) is 0 Å². The Morgan fingerprint density at radius 1 is 1.25 bits per heavy atom. The molecule has 0 bridgehead atoms. The molecule has 112 valence electrons. The van der Waals surface area contributed by atoms with E-state index in [1.54, 1.807) is 19.2 Å². The van der Waals surface area contributed by atoms with Crippen LogP contribution < -0.4 is 4.74 Å². The molecule has 0 amide bonds. The van der Waals surface area contributed by atoms with Gasteiger partial charge in [-0.2, -0.15) is 4.31 Å². The van der Waals surface area contributed by atoms with E-state index in [-0.39, 0.29) is 10.8 Å². The van der Waals surface area contributed by atoms with Crippen LogP contribution in [-0.4, -0.2) is 46.1 Å². The number of methoxy groups -OCH3 is 1. The fourth-order valence-electron chi connectivity index (χ4n) is 2.26. The molecule has 0 spiro atoms. The van der Waals surface area contributed by atoms with Crippen LogP contribution in [0.25, 0.3) is 0 Å². The van der Waals surface area contributed by atoms with E-state index in [9.17, 15) is 8.42 Å². The number of benzene rings is 1. The molecule has 0 aliphatic carbocycles. The summed E-state index contributed by atoms with van der Waals surface area (Å²) in [6.07, 6.45) is 0. The molecule has 0 unspecified atom stereocenters. The third-order valence-electron chi connectivity index (χ3n) is 3.43. The molecule has 0 aromatic heterocycles. The van der Waals surface area contributed by atoms with E-state index < -0.39 is 10.0 Å². The smallest absolute Gasteiger partial charge is 0.243 e. The SMILES string of the molecule is COc1cc(S(=O)(=O)N2CCOCC2)ccc1C(C)C. The highest BCUT2D eigenvalue weighted by Crippen LogP contribution is 2.30. The number of nitrogens with zero attached hydrogens (tertiary/aromatic N) is 1. The zero-order valence-electron chi connectivity index (χ0n) is 12.1. The summed E-state index contributed by atoms with van der Waals surface area (Å²) in [5, 5.41) is 0. The molecular formula is C14H21NO4S. The third kappa shape index (κ3) is 2.97. The van der Waals surface area contributed by atoms with Crippen molar-refractivity contribution in [1.82, 2.24) is 4.31 Å². The zero-order valence-corrected chi connectivity index (χ0v) is 12.9. The standard InChI is InChI=1S/C14H21NO4S/c1-11(2)13-5-4-12(10-14(13)18-3)20(16,17)15-6-8-19-9-7-15/h4-5,10-11H,6-9H2,1-3H3. The summed E-state index contributed by atoms with van der Waals surface area (Å²) in [7, 11) is -1.90. The van der Waals surface area contributed by atoms with Gasteiger partial charge in [0.2, 0.25) is 10.0 Å². The summed E-state index contributed by atoms with van der Waals surface area (Å²) in [4.78, 5) is 0.278. The van der Waals surface area contributed by atoms with E-state index in [1.807, 2.05) is 19.9 Å². The first-order chi connectivity index (χ1) is 9.46. The van der Waals surface area contributed by atoms with Gasteiger partial charge in [-0.15, -0.1) is 0 Å². The minimum absolute atomic E-state index is 0.278. The van der Waals surface area contributed by atoms with Crippen LogP contribution in [0.4, 0.5) is 0 Å². The maximum atomic E-state index is 12.6. The van der Waals surface area contributed by atoms with Crippen LogP contribution in [0.15, 0.2) is 23.1 Å². The zero-order chi connectivity index (χ0) is 14.8. The molecule has 2 rings (SSSR count). The summed E-state index contributed by atoms with van der Waals surface area (Å²) in [5.41, 5.74) is 1.01. The minimum atomic E-state index is -3.46. The summed E-state index contributed by atoms with van der Waals surface area (Å²) in [5.74, 6) is 0.902. The third-order valence-corrected chi connectivity index (χ3v) is 5.33. The number of hydrogen-bond acceptors (Lipinski definition) is 4. The molecule has 0 radical (unpaired) electrons. The van der Waals surface area contributed by atoms with Crippen LogP contribution >= 0.6 is 0 Å². The Kier molecular flexibility index (Phi) is 4.67. The molecule has 20 heavy (non-hydrogen) atoms. The van der Waals surface area contributed by atoms with Crippen LogP contribution in [-0.2, 0) is 14.8 Å². The fraction of sp³-hybridized carbons (Fsp3) is 0.571. The van der Waals surface area contributed by atoms with Crippen molar-refractivity contribution in [2.75, 3.05) is 33.4 Å². The average molecular weight is 299 g/mol. The van der Waals surface area contributed by atoms with E-state index in [0.29, 0.717) is 32.1 Å². The van der Waals surface area contributed by atoms with E-state index in [4.69, 9.17) is 9.47 Å². The van der Waals surface area contributed by atoms with Crippen molar-refractivity contribution in [3.05, 3.63) is 23.8 Å². The van der Waals surface area contributed by atoms with Gasteiger partial charge >= 0.3 is 0 Å². The Morgan fingerprint density at radius 2 is 1.90 bits per heavy atom. The lowest BCUT2D eigenvalue weighted by Crippen LogP contribution is -2.40. The monoisotopic (exact) mass is 299 g/mol. The maximum Gasteiger partial charge on any atom is 0.243 e. The van der Waals surface area contributed by atoms with Crippen LogP contribution in [0.1, 0.15) is 25.3 Å². The van der Waals surface area contributed by atoms with Crippen molar-refractivity contribution < 1.29 is 17.9 Å². The number of morpholine rings is 1. The average Bonchev–Trinajstić information content (AvgIpc) is 2.47. The van der Waals surface area contributed by atoms with Crippen molar-refractivity contribution >= 4 is 10.0 Å². The van der Waals surface area contributed by atoms with E-state index in [1.165, 1.54) is 4.31 Å². The molecule has 1 heterocycles. The second kappa shape index (κ2) is 6.11. The van der Waals surface area contributed by atoms with Crippen molar-refractivity contribution in [3.63, 3.8) is 0 Å². The van der Waals surface area contributed by atoms with Gasteiger partial charge in [0.1, 0.15) is 5.75 Å². The van der Waals surface area contributed by atoms with Gasteiger partial charge in [0.25, 0.3) is 0 Å². The lowest BCUT2D eigenvalue weighted by Gasteiger charge is -2.26. The fourth-order valence-corrected chi connectivity index (χ4v) is 3.69. The Bertz CT molecular complexity index is 563. The molecule has 1 fully saturated rings. The molecular weight excluding hydrogens is 278 g/mol. The minimum Gasteiger partial charge on any atom is -0.496 e. The van der Waals surface area contributed by atoms with Gasteiger partial charge in [-0.1, -0.05) is 19.9 Å². The van der Waals surface area contributed by atoms with Crippen LogP contribution in [0.2, 0.25) is 0 Å². The van der Waals surface area contributed by atoms with Gasteiger partial charge in [0.15, 0.2) is 0 Å². The number of rotatable bonds is 4. The largest absolute Gasteiger partial charge is 0.496 e. The topological polar surface area (TPSA) is 55.8 Å². The van der Waals surface area contributed by atoms with Crippen molar-refractivity contribution in [1.29, 1.82) is 0 Å². The molecule has 0 N–H and O–H groups in total. The highest BCUT2D eigenvalue weighted by atomic mass is 32.2. The number of ether oxygens (including phenoxy) is 2. The van der Waals surface area contributed by atoms with Gasteiger partial charge in [-0.05, 0) is 17.5 Å². The second-order valence-electron chi connectivity index (χ2n) is 5.07. The lowest BCUT2D eigenvalue weighted by atomic mass is 10.0. The second-order valence-corrected chi connectivity index (χ2v) is 7.01. The first-order valence-corrected chi connectivity index (χ1v) is 8.16. The molecule has 1 aromatic rings. The molecule has 1 saturated heterocycles. The van der Waals surface area contributed by atoms with Gasteiger partial charge in [-0.25, -0.2) is 8.42 Å². The summed E-state index contributed by atoms with van der Waals surface area (Å²) >= 11 is 0. The number of sulfonamides is 1. The summed E-state index contributed by atoms with van der Waals surface area (Å²) < 4.78 is 37.1. The van der Waals surface area contributed by atoms with Crippen molar-refractivity contribution in [3.8, 4) is 5.75 Å². The molecule has 1 aliphatic heterocycles. The maximum absolute atomic E-state index is 12.6. The van der Waals surface area contributed by atoms with Gasteiger partial charge in [0.05, 0.1) is 25.2 Å². The molecule has 0 saturated carbocycles.